The van der Waals surface area contributed by atoms with Crippen LogP contribution in [0.2, 0.25) is 0 Å². The summed E-state index contributed by atoms with van der Waals surface area (Å²) in [5.41, 5.74) is 1.24. The fraction of sp³-hybridized carbons (Fsp3) is 0.500. The lowest BCUT2D eigenvalue weighted by Gasteiger charge is -2.25. The molecule has 1 aromatic rings. The molecule has 1 aliphatic rings. The van der Waals surface area contributed by atoms with E-state index in [2.05, 4.69) is 33.4 Å². The Bertz CT molecular complexity index is 428. The third-order valence-electron chi connectivity index (χ3n) is 3.40. The van der Waals surface area contributed by atoms with Gasteiger partial charge in [0.05, 0.1) is 6.04 Å². The van der Waals surface area contributed by atoms with E-state index in [0.717, 1.165) is 30.4 Å². The Morgan fingerprint density at radius 1 is 1.53 bits per heavy atom. The molecular formula is C14H20BrClN2O. The number of carbonyl (C=O) groups excluding carboxylic acids is 1. The van der Waals surface area contributed by atoms with Gasteiger partial charge in [-0.1, -0.05) is 28.1 Å². The van der Waals surface area contributed by atoms with E-state index in [9.17, 15) is 4.79 Å². The average Bonchev–Trinajstić information content (AvgIpc) is 2.85. The molecule has 1 atom stereocenters. The Hall–Kier alpha value is -0.580. The van der Waals surface area contributed by atoms with E-state index in [4.69, 9.17) is 0 Å². The summed E-state index contributed by atoms with van der Waals surface area (Å²) in [5.74, 6) is 0.256. The van der Waals surface area contributed by atoms with E-state index in [1.54, 1.807) is 0 Å². The molecule has 1 heterocycles. The van der Waals surface area contributed by atoms with Crippen LogP contribution in [0.1, 0.15) is 30.9 Å². The summed E-state index contributed by atoms with van der Waals surface area (Å²) in [4.78, 5) is 14.2. The number of benzene rings is 1. The second-order valence-electron chi connectivity index (χ2n) is 4.65. The molecule has 0 aromatic heterocycles. The molecular weight excluding hydrogens is 328 g/mol. The summed E-state index contributed by atoms with van der Waals surface area (Å²) in [7, 11) is 1.88. The molecule has 1 saturated heterocycles. The van der Waals surface area contributed by atoms with E-state index in [1.807, 2.05) is 24.1 Å². The minimum absolute atomic E-state index is 0. The highest BCUT2D eigenvalue weighted by atomic mass is 79.9. The van der Waals surface area contributed by atoms with Crippen molar-refractivity contribution in [2.75, 3.05) is 20.1 Å². The van der Waals surface area contributed by atoms with E-state index in [0.29, 0.717) is 6.42 Å². The molecule has 1 N–H and O–H groups in total. The van der Waals surface area contributed by atoms with Crippen molar-refractivity contribution in [3.8, 4) is 0 Å². The Kier molecular flexibility index (Phi) is 6.83. The summed E-state index contributed by atoms with van der Waals surface area (Å²) < 4.78 is 1.08. The lowest BCUT2D eigenvalue weighted by atomic mass is 10.0. The maximum Gasteiger partial charge on any atom is 0.224 e. The average molecular weight is 348 g/mol. The molecule has 0 spiro atoms. The lowest BCUT2D eigenvalue weighted by molar-refractivity contribution is -0.132. The van der Waals surface area contributed by atoms with Crippen LogP contribution in [0, 0.1) is 0 Å². The highest BCUT2D eigenvalue weighted by Crippen LogP contribution is 2.33. The fourth-order valence-electron chi connectivity index (χ4n) is 2.50. The first kappa shape index (κ1) is 16.5. The van der Waals surface area contributed by atoms with Crippen molar-refractivity contribution in [2.45, 2.75) is 25.3 Å². The molecule has 5 heteroatoms. The van der Waals surface area contributed by atoms with Crippen LogP contribution < -0.4 is 5.32 Å². The van der Waals surface area contributed by atoms with Crippen molar-refractivity contribution in [1.82, 2.24) is 10.2 Å². The van der Waals surface area contributed by atoms with Crippen molar-refractivity contribution in [1.29, 1.82) is 0 Å². The predicted octanol–water partition coefficient (Wildman–Crippen LogP) is 3.14. The number of nitrogens with one attached hydrogen (secondary N) is 1. The number of amides is 1. The Labute approximate surface area is 129 Å². The van der Waals surface area contributed by atoms with Gasteiger partial charge < -0.3 is 10.2 Å². The highest BCUT2D eigenvalue weighted by molar-refractivity contribution is 9.10. The number of carbonyl (C=O) groups is 1. The predicted molar refractivity (Wildman–Crippen MR) is 83.6 cm³/mol. The fourth-order valence-corrected chi connectivity index (χ4v) is 2.92. The molecule has 19 heavy (non-hydrogen) atoms. The van der Waals surface area contributed by atoms with Gasteiger partial charge in [0, 0.05) is 24.0 Å². The number of halogens is 2. The first-order chi connectivity index (χ1) is 8.72. The third kappa shape index (κ3) is 4.20. The van der Waals surface area contributed by atoms with Gasteiger partial charge >= 0.3 is 0 Å². The molecule has 0 saturated carbocycles. The zero-order chi connectivity index (χ0) is 13.0. The Balaban J connectivity index is 0.00000180. The first-order valence-corrected chi connectivity index (χ1v) is 7.21. The SMILES string of the molecule is CNCCC(=O)N1CCCC1c1cccc(Br)c1.Cl. The van der Waals surface area contributed by atoms with Crippen LogP contribution in [0.15, 0.2) is 28.7 Å². The molecule has 1 amide bonds. The molecule has 0 radical (unpaired) electrons. The maximum absolute atomic E-state index is 12.1. The topological polar surface area (TPSA) is 32.3 Å². The van der Waals surface area contributed by atoms with E-state index in [-0.39, 0.29) is 24.4 Å². The van der Waals surface area contributed by atoms with Crippen LogP contribution in [-0.2, 0) is 4.79 Å². The number of hydrogen-bond acceptors (Lipinski definition) is 2. The monoisotopic (exact) mass is 346 g/mol. The Morgan fingerprint density at radius 3 is 3.00 bits per heavy atom. The van der Waals surface area contributed by atoms with Gasteiger partial charge in [-0.25, -0.2) is 0 Å². The number of hydrogen-bond donors (Lipinski definition) is 1. The minimum Gasteiger partial charge on any atom is -0.336 e. The highest BCUT2D eigenvalue weighted by Gasteiger charge is 2.29. The van der Waals surface area contributed by atoms with Crippen molar-refractivity contribution < 1.29 is 4.79 Å². The molecule has 1 aromatic carbocycles. The number of likely N-dealkylation sites (tertiary alicyclic amines) is 1. The van der Waals surface area contributed by atoms with Crippen molar-refractivity contribution in [3.63, 3.8) is 0 Å². The second kappa shape index (κ2) is 7.88. The van der Waals surface area contributed by atoms with Gasteiger partial charge in [-0.05, 0) is 37.6 Å². The summed E-state index contributed by atoms with van der Waals surface area (Å²) in [6, 6.07) is 8.54. The van der Waals surface area contributed by atoms with E-state index < -0.39 is 0 Å². The first-order valence-electron chi connectivity index (χ1n) is 6.42. The van der Waals surface area contributed by atoms with E-state index in [1.165, 1.54) is 5.56 Å². The van der Waals surface area contributed by atoms with E-state index >= 15 is 0 Å². The van der Waals surface area contributed by atoms with Crippen LogP contribution in [0.5, 0.6) is 0 Å². The summed E-state index contributed by atoms with van der Waals surface area (Å²) in [6.45, 7) is 1.64. The van der Waals surface area contributed by atoms with Crippen molar-refractivity contribution in [3.05, 3.63) is 34.3 Å². The van der Waals surface area contributed by atoms with Gasteiger partial charge in [0.15, 0.2) is 0 Å². The van der Waals surface area contributed by atoms with Gasteiger partial charge in [0.2, 0.25) is 5.91 Å². The van der Waals surface area contributed by atoms with Crippen LogP contribution in [-0.4, -0.2) is 30.9 Å². The molecule has 1 unspecified atom stereocenters. The van der Waals surface area contributed by atoms with Gasteiger partial charge in [-0.2, -0.15) is 0 Å². The van der Waals surface area contributed by atoms with Crippen LogP contribution >= 0.6 is 28.3 Å². The molecule has 3 nitrogen and oxygen atoms in total. The van der Waals surface area contributed by atoms with Crippen molar-refractivity contribution >= 4 is 34.2 Å². The van der Waals surface area contributed by atoms with Gasteiger partial charge in [-0.3, -0.25) is 4.79 Å². The molecule has 106 valence electrons. The van der Waals surface area contributed by atoms with Gasteiger partial charge in [0.1, 0.15) is 0 Å². The number of nitrogens with zero attached hydrogens (tertiary/aromatic N) is 1. The lowest BCUT2D eigenvalue weighted by Crippen LogP contribution is -2.32. The van der Waals surface area contributed by atoms with Gasteiger partial charge in [0.25, 0.3) is 0 Å². The molecule has 1 fully saturated rings. The van der Waals surface area contributed by atoms with Gasteiger partial charge in [-0.15, -0.1) is 12.4 Å². The van der Waals surface area contributed by atoms with Crippen LogP contribution in [0.4, 0.5) is 0 Å². The molecule has 1 aliphatic heterocycles. The minimum atomic E-state index is 0. The summed E-state index contributed by atoms with van der Waals surface area (Å²) >= 11 is 3.49. The largest absolute Gasteiger partial charge is 0.336 e. The molecule has 2 rings (SSSR count). The Morgan fingerprint density at radius 2 is 2.32 bits per heavy atom. The van der Waals surface area contributed by atoms with Crippen LogP contribution in [0.3, 0.4) is 0 Å². The number of rotatable bonds is 4. The maximum atomic E-state index is 12.1. The third-order valence-corrected chi connectivity index (χ3v) is 3.89. The zero-order valence-corrected chi connectivity index (χ0v) is 13.5. The smallest absolute Gasteiger partial charge is 0.224 e. The second-order valence-corrected chi connectivity index (χ2v) is 5.57. The standard InChI is InChI=1S/C14H19BrN2O.ClH/c1-16-8-7-14(18)17-9-3-6-13(17)11-4-2-5-12(15)10-11;/h2,4-5,10,13,16H,3,6-9H2,1H3;1H. The zero-order valence-electron chi connectivity index (χ0n) is 11.1. The van der Waals surface area contributed by atoms with Crippen LogP contribution in [0.25, 0.3) is 0 Å². The molecule has 0 bridgehead atoms. The normalized spacial score (nSPS) is 18.2. The van der Waals surface area contributed by atoms with Crippen molar-refractivity contribution in [2.24, 2.45) is 0 Å². The quantitative estimate of drug-likeness (QED) is 0.907. The molecule has 0 aliphatic carbocycles. The summed E-state index contributed by atoms with van der Waals surface area (Å²) in [6.07, 6.45) is 2.76. The summed E-state index contributed by atoms with van der Waals surface area (Å²) in [5, 5.41) is 3.03.